The second kappa shape index (κ2) is 10.0. The molecular weight excluding hydrogens is 384 g/mol. The van der Waals surface area contributed by atoms with Crippen LogP contribution in [0, 0.1) is 6.92 Å². The van der Waals surface area contributed by atoms with Crippen molar-refractivity contribution in [3.05, 3.63) is 125 Å². The van der Waals surface area contributed by atoms with Crippen molar-refractivity contribution < 1.29 is 0 Å². The average molecular weight is 421 g/mol. The number of benzene rings is 3. The largest absolute Gasteiger partial charge is 0.0908 e. The molecule has 0 amide bonds. The fourth-order valence-electron chi connectivity index (χ4n) is 4.98. The van der Waals surface area contributed by atoms with Gasteiger partial charge in [0.1, 0.15) is 0 Å². The second-order valence-corrected chi connectivity index (χ2v) is 8.18. The van der Waals surface area contributed by atoms with Crippen molar-refractivity contribution in [1.29, 1.82) is 0 Å². The lowest BCUT2D eigenvalue weighted by Crippen LogP contribution is -2.26. The zero-order valence-corrected chi connectivity index (χ0v) is 20.5. The van der Waals surface area contributed by atoms with E-state index in [2.05, 4.69) is 119 Å². The van der Waals surface area contributed by atoms with Gasteiger partial charge in [-0.15, -0.1) is 0 Å². The minimum absolute atomic E-state index is 0.273. The summed E-state index contributed by atoms with van der Waals surface area (Å²) in [7, 11) is 0. The molecule has 3 aromatic rings. The summed E-state index contributed by atoms with van der Waals surface area (Å²) in [6.07, 6.45) is 7.75. The first-order valence-electron chi connectivity index (χ1n) is 11.9. The average Bonchev–Trinajstić information content (AvgIpc) is 3.25. The maximum atomic E-state index is 4.52. The van der Waals surface area contributed by atoms with Crippen molar-refractivity contribution in [3.8, 4) is 11.1 Å². The van der Waals surface area contributed by atoms with Crippen LogP contribution in [0.3, 0.4) is 0 Å². The number of aryl methyl sites for hydroxylation is 1. The first-order valence-corrected chi connectivity index (χ1v) is 11.9. The highest BCUT2D eigenvalue weighted by molar-refractivity contribution is 5.99. The minimum atomic E-state index is -0.273. The van der Waals surface area contributed by atoms with Gasteiger partial charge >= 0.3 is 0 Å². The van der Waals surface area contributed by atoms with Gasteiger partial charge in [-0.25, -0.2) is 0 Å². The van der Waals surface area contributed by atoms with Crippen molar-refractivity contribution in [2.24, 2.45) is 0 Å². The van der Waals surface area contributed by atoms with E-state index >= 15 is 0 Å². The van der Waals surface area contributed by atoms with Gasteiger partial charge in [0.05, 0.1) is 5.41 Å². The molecule has 2 aliphatic carbocycles. The summed E-state index contributed by atoms with van der Waals surface area (Å²) >= 11 is 0. The topological polar surface area (TPSA) is 0 Å². The molecule has 0 saturated heterocycles. The summed E-state index contributed by atoms with van der Waals surface area (Å²) in [6.45, 7) is 17.0. The van der Waals surface area contributed by atoms with Crippen LogP contribution in [0.25, 0.3) is 16.7 Å². The monoisotopic (exact) mass is 420 g/mol. The predicted octanol–water partition coefficient (Wildman–Crippen LogP) is 9.28. The van der Waals surface area contributed by atoms with Crippen LogP contribution in [-0.4, -0.2) is 0 Å². The molecule has 0 aliphatic heterocycles. The third-order valence-corrected chi connectivity index (χ3v) is 6.04. The molecule has 0 heteroatoms. The quantitative estimate of drug-likeness (QED) is 0.368. The van der Waals surface area contributed by atoms with E-state index in [0.29, 0.717) is 0 Å². The first-order chi connectivity index (χ1) is 15.6. The summed E-state index contributed by atoms with van der Waals surface area (Å²) in [5.41, 5.74) is 11.5. The lowest BCUT2D eigenvalue weighted by Gasteiger charge is -2.30. The molecule has 1 spiro atoms. The molecule has 0 aromatic heterocycles. The lowest BCUT2D eigenvalue weighted by atomic mass is 9.70. The van der Waals surface area contributed by atoms with Gasteiger partial charge in [0.2, 0.25) is 0 Å². The van der Waals surface area contributed by atoms with E-state index in [1.807, 2.05) is 13.8 Å². The van der Waals surface area contributed by atoms with Crippen LogP contribution in [0.5, 0.6) is 0 Å². The number of fused-ring (bicyclic) bond motifs is 7. The van der Waals surface area contributed by atoms with E-state index in [4.69, 9.17) is 0 Å². The summed E-state index contributed by atoms with van der Waals surface area (Å²) in [4.78, 5) is 0. The van der Waals surface area contributed by atoms with Crippen molar-refractivity contribution in [1.82, 2.24) is 0 Å². The maximum Gasteiger partial charge on any atom is 0.0725 e. The van der Waals surface area contributed by atoms with Crippen LogP contribution in [0.15, 0.2) is 97.1 Å². The third kappa shape index (κ3) is 3.48. The Kier molecular flexibility index (Phi) is 7.36. The van der Waals surface area contributed by atoms with Crippen LogP contribution in [0.4, 0.5) is 0 Å². The van der Waals surface area contributed by atoms with Gasteiger partial charge in [-0.05, 0) is 58.4 Å². The molecule has 0 atom stereocenters. The molecule has 0 heterocycles. The van der Waals surface area contributed by atoms with E-state index in [1.165, 1.54) is 50.9 Å². The standard InChI is InChI=1S/C27H22.C3H8.C2H6/c1-4-5-12-23-19(3)20-16-15-18(2)17-26(20)27(23)24-13-8-6-10-21(24)22-11-7-9-14-25(22)27;1-3-2;1-2/h4-17H,3H2,1-2H3;3H2,1-2H3;1-2H3/b5-4-,23-12+;;. The van der Waals surface area contributed by atoms with E-state index in [0.717, 1.165) is 5.57 Å². The minimum Gasteiger partial charge on any atom is -0.0908 e. The Labute approximate surface area is 195 Å². The molecule has 0 saturated carbocycles. The normalized spacial score (nSPS) is 15.6. The van der Waals surface area contributed by atoms with Crippen molar-refractivity contribution in [2.45, 2.75) is 53.4 Å². The Hall–Kier alpha value is -3.12. The highest BCUT2D eigenvalue weighted by atomic mass is 14.5. The van der Waals surface area contributed by atoms with Crippen LogP contribution in [0.2, 0.25) is 0 Å². The number of rotatable bonds is 1. The number of hydrogen-bond acceptors (Lipinski definition) is 0. The summed E-state index contributed by atoms with van der Waals surface area (Å²) in [5, 5.41) is 0. The van der Waals surface area contributed by atoms with Crippen LogP contribution >= 0.6 is 0 Å². The summed E-state index contributed by atoms with van der Waals surface area (Å²) in [6, 6.07) is 24.5. The summed E-state index contributed by atoms with van der Waals surface area (Å²) < 4.78 is 0. The van der Waals surface area contributed by atoms with Crippen molar-refractivity contribution in [3.63, 3.8) is 0 Å². The smallest absolute Gasteiger partial charge is 0.0725 e. The van der Waals surface area contributed by atoms with Crippen LogP contribution in [0.1, 0.15) is 68.9 Å². The lowest BCUT2D eigenvalue weighted by molar-refractivity contribution is 0.793. The molecule has 2 aliphatic rings. The third-order valence-electron chi connectivity index (χ3n) is 6.04. The molecule has 164 valence electrons. The Bertz CT molecular complexity index is 1120. The van der Waals surface area contributed by atoms with Crippen LogP contribution in [-0.2, 0) is 5.41 Å². The number of allylic oxidation sites excluding steroid dienone is 5. The molecule has 0 nitrogen and oxygen atoms in total. The van der Waals surface area contributed by atoms with Gasteiger partial charge in [0, 0.05) is 0 Å². The molecule has 0 unspecified atom stereocenters. The SMILES string of the molecule is C=C1/C(=C\C=C/C)C2(c3cc(C)ccc31)c1ccccc1-c1ccccc12.CC.CCC. The van der Waals surface area contributed by atoms with Gasteiger partial charge in [-0.3, -0.25) is 0 Å². The Morgan fingerprint density at radius 2 is 1.31 bits per heavy atom. The Morgan fingerprint density at radius 3 is 1.84 bits per heavy atom. The van der Waals surface area contributed by atoms with Crippen LogP contribution < -0.4 is 0 Å². The van der Waals surface area contributed by atoms with Gasteiger partial charge < -0.3 is 0 Å². The van der Waals surface area contributed by atoms with Crippen molar-refractivity contribution >= 4 is 5.57 Å². The van der Waals surface area contributed by atoms with Crippen molar-refractivity contribution in [2.75, 3.05) is 0 Å². The fourth-order valence-corrected chi connectivity index (χ4v) is 4.98. The highest BCUT2D eigenvalue weighted by Crippen LogP contribution is 2.63. The summed E-state index contributed by atoms with van der Waals surface area (Å²) in [5.74, 6) is 0. The van der Waals surface area contributed by atoms with Gasteiger partial charge in [-0.1, -0.05) is 131 Å². The maximum absolute atomic E-state index is 4.52. The van der Waals surface area contributed by atoms with Gasteiger partial charge in [0.25, 0.3) is 0 Å². The highest BCUT2D eigenvalue weighted by Gasteiger charge is 2.52. The Balaban J connectivity index is 0.000000536. The van der Waals surface area contributed by atoms with E-state index in [-0.39, 0.29) is 5.41 Å². The molecule has 3 aromatic carbocycles. The second-order valence-electron chi connectivity index (χ2n) is 8.18. The number of hydrogen-bond donors (Lipinski definition) is 0. The van der Waals surface area contributed by atoms with E-state index in [9.17, 15) is 0 Å². The first kappa shape index (κ1) is 23.5. The Morgan fingerprint density at radius 1 is 0.781 bits per heavy atom. The molecule has 0 fully saturated rings. The fraction of sp³-hybridized carbons (Fsp3) is 0.250. The molecule has 0 N–H and O–H groups in total. The molecule has 0 bridgehead atoms. The zero-order valence-electron chi connectivity index (χ0n) is 20.5. The predicted molar refractivity (Wildman–Crippen MR) is 142 cm³/mol. The molecular formula is C32H36. The van der Waals surface area contributed by atoms with E-state index in [1.54, 1.807) is 0 Å². The molecule has 5 rings (SSSR count). The van der Waals surface area contributed by atoms with E-state index < -0.39 is 0 Å². The molecule has 32 heavy (non-hydrogen) atoms. The van der Waals surface area contributed by atoms with Gasteiger partial charge in [0.15, 0.2) is 0 Å². The zero-order chi connectivity index (χ0) is 23.3. The van der Waals surface area contributed by atoms with Gasteiger partial charge in [-0.2, -0.15) is 0 Å². The molecule has 0 radical (unpaired) electrons.